The number of halogens is 2. The molecule has 0 amide bonds. The predicted octanol–water partition coefficient (Wildman–Crippen LogP) is 2.87. The van der Waals surface area contributed by atoms with E-state index >= 15 is 0 Å². The first-order valence-electron chi connectivity index (χ1n) is 5.79. The fourth-order valence-electron chi connectivity index (χ4n) is 2.04. The Morgan fingerprint density at radius 3 is 2.47 bits per heavy atom. The second-order valence-corrected chi connectivity index (χ2v) is 5.02. The molecule has 4 nitrogen and oxygen atoms in total. The Hall–Kier alpha value is -1.65. The first-order valence-corrected chi connectivity index (χ1v) is 6.55. The molecule has 2 aromatic rings. The van der Waals surface area contributed by atoms with Gasteiger partial charge in [-0.15, -0.1) is 5.10 Å². The highest BCUT2D eigenvalue weighted by molar-refractivity contribution is 6.30. The van der Waals surface area contributed by atoms with Gasteiger partial charge >= 0.3 is 0 Å². The van der Waals surface area contributed by atoms with Crippen molar-refractivity contribution in [2.75, 3.05) is 6.54 Å². The number of benzene rings is 1. The summed E-state index contributed by atoms with van der Waals surface area (Å²) >= 11 is 11.7. The minimum absolute atomic E-state index is 0.0749. The van der Waals surface area contributed by atoms with Crippen molar-refractivity contribution in [2.24, 2.45) is 5.10 Å². The fourth-order valence-corrected chi connectivity index (χ4v) is 2.27. The van der Waals surface area contributed by atoms with Crippen LogP contribution in [0, 0.1) is 0 Å². The van der Waals surface area contributed by atoms with Gasteiger partial charge in [0.25, 0.3) is 0 Å². The summed E-state index contributed by atoms with van der Waals surface area (Å²) in [6.07, 6.45) is 0. The smallest absolute Gasteiger partial charge is 0.151 e. The minimum atomic E-state index is 0.0749. The molecule has 3 rings (SSSR count). The second-order valence-electron chi connectivity index (χ2n) is 4.20. The molecule has 1 aromatic heterocycles. The molecule has 0 radical (unpaired) electrons. The number of hydrogen-bond donors (Lipinski definition) is 1. The molecule has 1 atom stereocenters. The summed E-state index contributed by atoms with van der Waals surface area (Å²) in [6.45, 7) is 0.703. The van der Waals surface area contributed by atoms with E-state index in [0.717, 1.165) is 17.0 Å². The van der Waals surface area contributed by atoms with Crippen molar-refractivity contribution in [3.05, 3.63) is 57.8 Å². The third-order valence-electron chi connectivity index (χ3n) is 2.97. The van der Waals surface area contributed by atoms with E-state index in [9.17, 15) is 0 Å². The van der Waals surface area contributed by atoms with Gasteiger partial charge in [0, 0.05) is 11.6 Å². The van der Waals surface area contributed by atoms with Crippen LogP contribution in [0.1, 0.15) is 17.2 Å². The minimum Gasteiger partial charge on any atom is -0.309 e. The van der Waals surface area contributed by atoms with Crippen molar-refractivity contribution in [1.82, 2.24) is 15.6 Å². The van der Waals surface area contributed by atoms with E-state index in [-0.39, 0.29) is 5.92 Å². The lowest BCUT2D eigenvalue weighted by Gasteiger charge is -2.10. The maximum Gasteiger partial charge on any atom is 0.151 e. The third kappa shape index (κ3) is 2.55. The predicted molar refractivity (Wildman–Crippen MR) is 75.8 cm³/mol. The largest absolute Gasteiger partial charge is 0.309 e. The van der Waals surface area contributed by atoms with Gasteiger partial charge in [0.2, 0.25) is 0 Å². The number of hydrogen-bond acceptors (Lipinski definition) is 4. The molecule has 96 valence electrons. The van der Waals surface area contributed by atoms with Gasteiger partial charge in [0.05, 0.1) is 17.3 Å². The van der Waals surface area contributed by atoms with Gasteiger partial charge in [0.15, 0.2) is 5.15 Å². The molecule has 1 N–H and O–H groups in total. The SMILES string of the molecule is Clc1ccc(C2=NNCC2c2ccc(Cl)nn2)cc1. The molecule has 0 spiro atoms. The van der Waals surface area contributed by atoms with Gasteiger partial charge in [0.1, 0.15) is 0 Å². The summed E-state index contributed by atoms with van der Waals surface area (Å²) in [7, 11) is 0. The number of rotatable bonds is 2. The Bertz CT molecular complexity index is 608. The van der Waals surface area contributed by atoms with E-state index in [1.807, 2.05) is 30.3 Å². The summed E-state index contributed by atoms with van der Waals surface area (Å²) in [4.78, 5) is 0. The second kappa shape index (κ2) is 5.15. The first-order chi connectivity index (χ1) is 9.24. The lowest BCUT2D eigenvalue weighted by Crippen LogP contribution is -2.16. The summed E-state index contributed by atoms with van der Waals surface area (Å²) in [5.74, 6) is 0.0749. The van der Waals surface area contributed by atoms with E-state index in [1.54, 1.807) is 6.07 Å². The van der Waals surface area contributed by atoms with Crippen LogP contribution in [0.4, 0.5) is 0 Å². The number of aromatic nitrogens is 2. The van der Waals surface area contributed by atoms with Crippen LogP contribution in [0.15, 0.2) is 41.5 Å². The van der Waals surface area contributed by atoms with Crippen LogP contribution in [0.5, 0.6) is 0 Å². The zero-order valence-corrected chi connectivity index (χ0v) is 11.4. The lowest BCUT2D eigenvalue weighted by molar-refractivity contribution is 0.738. The zero-order valence-electron chi connectivity index (χ0n) is 9.85. The molecule has 1 aliphatic rings. The van der Waals surface area contributed by atoms with E-state index < -0.39 is 0 Å². The van der Waals surface area contributed by atoms with Crippen molar-refractivity contribution in [1.29, 1.82) is 0 Å². The quantitative estimate of drug-likeness (QED) is 0.926. The third-order valence-corrected chi connectivity index (χ3v) is 3.43. The van der Waals surface area contributed by atoms with E-state index in [1.165, 1.54) is 0 Å². The molecule has 6 heteroatoms. The van der Waals surface area contributed by atoms with Gasteiger partial charge < -0.3 is 5.43 Å². The summed E-state index contributed by atoms with van der Waals surface area (Å²) in [5, 5.41) is 13.4. The van der Waals surface area contributed by atoms with Crippen LogP contribution in [-0.2, 0) is 0 Å². The maximum absolute atomic E-state index is 5.90. The summed E-state index contributed by atoms with van der Waals surface area (Å²) in [5.41, 5.74) is 5.82. The molecule has 2 heterocycles. The highest BCUT2D eigenvalue weighted by Gasteiger charge is 2.26. The first kappa shape index (κ1) is 12.4. The monoisotopic (exact) mass is 292 g/mol. The van der Waals surface area contributed by atoms with Crippen molar-refractivity contribution < 1.29 is 0 Å². The standard InChI is InChI=1S/C13H10Cl2N4/c14-9-3-1-8(2-4-9)13-10(7-16-19-13)11-5-6-12(15)18-17-11/h1-6,10,16H,7H2. The Balaban J connectivity index is 1.93. The topological polar surface area (TPSA) is 50.2 Å². The molecule has 1 unspecified atom stereocenters. The van der Waals surface area contributed by atoms with E-state index in [2.05, 4.69) is 20.7 Å². The van der Waals surface area contributed by atoms with Crippen LogP contribution in [0.3, 0.4) is 0 Å². The molecule has 0 saturated carbocycles. The average Bonchev–Trinajstić information content (AvgIpc) is 2.90. The van der Waals surface area contributed by atoms with Crippen molar-refractivity contribution in [3.8, 4) is 0 Å². The molecule has 0 fully saturated rings. The van der Waals surface area contributed by atoms with E-state index in [4.69, 9.17) is 23.2 Å². The van der Waals surface area contributed by atoms with Gasteiger partial charge in [-0.3, -0.25) is 0 Å². The molecular weight excluding hydrogens is 283 g/mol. The zero-order chi connectivity index (χ0) is 13.2. The summed E-state index contributed by atoms with van der Waals surface area (Å²) < 4.78 is 0. The van der Waals surface area contributed by atoms with Gasteiger partial charge in [-0.2, -0.15) is 10.2 Å². The van der Waals surface area contributed by atoms with Crippen molar-refractivity contribution >= 4 is 28.9 Å². The van der Waals surface area contributed by atoms with Crippen LogP contribution in [0.2, 0.25) is 10.2 Å². The highest BCUT2D eigenvalue weighted by atomic mass is 35.5. The number of nitrogens with zero attached hydrogens (tertiary/aromatic N) is 3. The van der Waals surface area contributed by atoms with Gasteiger partial charge in [-0.25, -0.2) is 0 Å². The Morgan fingerprint density at radius 1 is 1.00 bits per heavy atom. The normalized spacial score (nSPS) is 18.0. The van der Waals surface area contributed by atoms with Crippen LogP contribution >= 0.6 is 23.2 Å². The molecule has 1 aromatic carbocycles. The average molecular weight is 293 g/mol. The molecule has 1 aliphatic heterocycles. The van der Waals surface area contributed by atoms with Crippen LogP contribution < -0.4 is 5.43 Å². The highest BCUT2D eigenvalue weighted by Crippen LogP contribution is 2.24. The number of nitrogens with one attached hydrogen (secondary N) is 1. The Kier molecular flexibility index (Phi) is 3.36. The molecule has 19 heavy (non-hydrogen) atoms. The summed E-state index contributed by atoms with van der Waals surface area (Å²) in [6, 6.07) is 11.2. The number of hydrazone groups is 1. The van der Waals surface area contributed by atoms with Crippen LogP contribution in [0.25, 0.3) is 0 Å². The molecule has 0 bridgehead atoms. The molecular formula is C13H10Cl2N4. The lowest BCUT2D eigenvalue weighted by atomic mass is 9.94. The van der Waals surface area contributed by atoms with Crippen molar-refractivity contribution in [3.63, 3.8) is 0 Å². The van der Waals surface area contributed by atoms with Crippen molar-refractivity contribution in [2.45, 2.75) is 5.92 Å². The van der Waals surface area contributed by atoms with Gasteiger partial charge in [-0.1, -0.05) is 35.3 Å². The molecule has 0 saturated heterocycles. The molecule has 0 aliphatic carbocycles. The Morgan fingerprint density at radius 2 is 1.79 bits per heavy atom. The Labute approximate surface area is 120 Å². The fraction of sp³-hybridized carbons (Fsp3) is 0.154. The van der Waals surface area contributed by atoms with Gasteiger partial charge in [-0.05, 0) is 29.8 Å². The maximum atomic E-state index is 5.90. The van der Waals surface area contributed by atoms with Crippen LogP contribution in [-0.4, -0.2) is 22.5 Å². The van der Waals surface area contributed by atoms with E-state index in [0.29, 0.717) is 16.7 Å².